The Kier molecular flexibility index (Phi) is 4.19. The molecule has 3 heterocycles. The van der Waals surface area contributed by atoms with E-state index in [1.807, 2.05) is 25.2 Å². The number of nitrogens with one attached hydrogen (secondary N) is 1. The number of rotatable bonds is 2. The van der Waals surface area contributed by atoms with Crippen molar-refractivity contribution in [2.75, 3.05) is 29.9 Å². The van der Waals surface area contributed by atoms with Gasteiger partial charge >= 0.3 is 0 Å². The van der Waals surface area contributed by atoms with E-state index in [0.717, 1.165) is 43.7 Å². The maximum Gasteiger partial charge on any atom is 0.252 e. The number of benzene rings is 2. The minimum Gasteiger partial charge on any atom is -0.384 e. The fourth-order valence-electron chi connectivity index (χ4n) is 5.05. The molecule has 0 atom stereocenters. The van der Waals surface area contributed by atoms with Gasteiger partial charge in [0.1, 0.15) is 0 Å². The van der Waals surface area contributed by atoms with Crippen molar-refractivity contribution >= 4 is 22.3 Å². The van der Waals surface area contributed by atoms with Crippen LogP contribution in [0, 0.1) is 0 Å². The van der Waals surface area contributed by atoms with E-state index in [1.165, 1.54) is 22.2 Å². The van der Waals surface area contributed by atoms with E-state index in [1.54, 1.807) is 4.57 Å². The Morgan fingerprint density at radius 1 is 1.03 bits per heavy atom. The molecule has 1 saturated heterocycles. The van der Waals surface area contributed by atoms with Crippen LogP contribution in [0.15, 0.2) is 53.3 Å². The van der Waals surface area contributed by atoms with Crippen molar-refractivity contribution in [3.8, 4) is 0 Å². The number of pyridine rings is 1. The van der Waals surface area contributed by atoms with E-state index in [9.17, 15) is 4.79 Å². The summed E-state index contributed by atoms with van der Waals surface area (Å²) >= 11 is 0. The molecule has 0 bridgehead atoms. The lowest BCUT2D eigenvalue weighted by molar-refractivity contribution is 0.504. The Labute approximate surface area is 172 Å². The van der Waals surface area contributed by atoms with Crippen LogP contribution in [0.25, 0.3) is 10.9 Å². The molecule has 3 aromatic rings. The molecule has 5 rings (SSSR count). The van der Waals surface area contributed by atoms with Crippen LogP contribution in [-0.4, -0.2) is 24.2 Å². The van der Waals surface area contributed by atoms with Gasteiger partial charge in [-0.25, -0.2) is 0 Å². The smallest absolute Gasteiger partial charge is 0.252 e. The summed E-state index contributed by atoms with van der Waals surface area (Å²) in [6, 6.07) is 17.0. The van der Waals surface area contributed by atoms with Crippen LogP contribution in [0.2, 0.25) is 0 Å². The Morgan fingerprint density at radius 2 is 1.79 bits per heavy atom. The summed E-state index contributed by atoms with van der Waals surface area (Å²) in [5, 5.41) is 4.70. The SMILES string of the molecule is Cn1c(=O)cc(N2CCC(c3ccc4c(c3)C(C)(C)CN4)CC2)c2ccccc21. The molecular weight excluding hydrogens is 358 g/mol. The number of aryl methyl sites for hydroxylation is 1. The maximum atomic E-state index is 12.5. The Morgan fingerprint density at radius 3 is 2.59 bits per heavy atom. The third-order valence-electron chi connectivity index (χ3n) is 6.93. The molecular formula is C25H29N3O. The van der Waals surface area contributed by atoms with Crippen LogP contribution in [-0.2, 0) is 12.5 Å². The quantitative estimate of drug-likeness (QED) is 0.697. The first-order chi connectivity index (χ1) is 13.9. The molecule has 0 saturated carbocycles. The first-order valence-corrected chi connectivity index (χ1v) is 10.7. The minimum atomic E-state index is 0.0641. The number of anilines is 2. The van der Waals surface area contributed by atoms with Gasteiger partial charge in [-0.05, 0) is 42.0 Å². The van der Waals surface area contributed by atoms with E-state index in [2.05, 4.69) is 54.4 Å². The van der Waals surface area contributed by atoms with E-state index < -0.39 is 0 Å². The Hall–Kier alpha value is -2.75. The van der Waals surface area contributed by atoms with Crippen LogP contribution < -0.4 is 15.8 Å². The molecule has 1 N–H and O–H groups in total. The number of nitrogens with zero attached hydrogens (tertiary/aromatic N) is 2. The largest absolute Gasteiger partial charge is 0.384 e. The molecule has 150 valence electrons. The molecule has 0 amide bonds. The fourth-order valence-corrected chi connectivity index (χ4v) is 5.05. The summed E-state index contributed by atoms with van der Waals surface area (Å²) in [6.45, 7) is 7.62. The molecule has 0 spiro atoms. The molecule has 1 aromatic heterocycles. The fraction of sp³-hybridized carbons (Fsp3) is 0.400. The third kappa shape index (κ3) is 3.02. The second kappa shape index (κ2) is 6.65. The topological polar surface area (TPSA) is 37.3 Å². The molecule has 0 unspecified atom stereocenters. The second-order valence-electron chi connectivity index (χ2n) is 9.25. The van der Waals surface area contributed by atoms with E-state index in [4.69, 9.17) is 0 Å². The lowest BCUT2D eigenvalue weighted by Crippen LogP contribution is -2.34. The van der Waals surface area contributed by atoms with E-state index in [-0.39, 0.29) is 11.0 Å². The van der Waals surface area contributed by atoms with Crippen molar-refractivity contribution in [1.29, 1.82) is 0 Å². The number of aromatic nitrogens is 1. The van der Waals surface area contributed by atoms with Crippen molar-refractivity contribution in [2.45, 2.75) is 38.0 Å². The molecule has 2 aromatic carbocycles. The predicted octanol–water partition coefficient (Wildman–Crippen LogP) is 4.63. The molecule has 0 aliphatic carbocycles. The average Bonchev–Trinajstić information content (AvgIpc) is 3.05. The first kappa shape index (κ1) is 18.3. The van der Waals surface area contributed by atoms with Crippen molar-refractivity contribution < 1.29 is 0 Å². The van der Waals surface area contributed by atoms with Gasteiger partial charge in [0, 0.05) is 49.2 Å². The van der Waals surface area contributed by atoms with Crippen LogP contribution in [0.5, 0.6) is 0 Å². The summed E-state index contributed by atoms with van der Waals surface area (Å²) in [6.07, 6.45) is 2.24. The molecule has 2 aliphatic heterocycles. The lowest BCUT2D eigenvalue weighted by atomic mass is 9.82. The predicted molar refractivity (Wildman–Crippen MR) is 121 cm³/mol. The zero-order valence-corrected chi connectivity index (χ0v) is 17.5. The van der Waals surface area contributed by atoms with Crippen molar-refractivity contribution in [3.05, 3.63) is 70.0 Å². The van der Waals surface area contributed by atoms with Gasteiger partial charge in [-0.3, -0.25) is 4.79 Å². The van der Waals surface area contributed by atoms with E-state index >= 15 is 0 Å². The monoisotopic (exact) mass is 387 g/mol. The van der Waals surface area contributed by atoms with Gasteiger partial charge in [0.15, 0.2) is 0 Å². The van der Waals surface area contributed by atoms with Gasteiger partial charge in [0.2, 0.25) is 0 Å². The summed E-state index contributed by atoms with van der Waals surface area (Å²) in [7, 11) is 1.85. The molecule has 4 nitrogen and oxygen atoms in total. The number of para-hydroxylation sites is 1. The highest BCUT2D eigenvalue weighted by atomic mass is 16.1. The highest BCUT2D eigenvalue weighted by Gasteiger charge is 2.31. The summed E-state index contributed by atoms with van der Waals surface area (Å²) in [4.78, 5) is 14.9. The third-order valence-corrected chi connectivity index (χ3v) is 6.93. The average molecular weight is 388 g/mol. The van der Waals surface area contributed by atoms with E-state index in [0.29, 0.717) is 5.92 Å². The van der Waals surface area contributed by atoms with Gasteiger partial charge in [-0.15, -0.1) is 0 Å². The van der Waals surface area contributed by atoms with Gasteiger partial charge in [0.25, 0.3) is 5.56 Å². The zero-order valence-electron chi connectivity index (χ0n) is 17.5. The van der Waals surface area contributed by atoms with Crippen LogP contribution in [0.3, 0.4) is 0 Å². The van der Waals surface area contributed by atoms with Crippen LogP contribution >= 0.6 is 0 Å². The van der Waals surface area contributed by atoms with Crippen molar-refractivity contribution in [2.24, 2.45) is 7.05 Å². The summed E-state index contributed by atoms with van der Waals surface area (Å²) in [5.74, 6) is 0.589. The zero-order chi connectivity index (χ0) is 20.2. The minimum absolute atomic E-state index is 0.0641. The number of fused-ring (bicyclic) bond motifs is 2. The van der Waals surface area contributed by atoms with Gasteiger partial charge in [0.05, 0.1) is 11.2 Å². The summed E-state index contributed by atoms with van der Waals surface area (Å²) < 4.78 is 1.74. The normalized spacial score (nSPS) is 18.7. The summed E-state index contributed by atoms with van der Waals surface area (Å²) in [5.41, 5.74) is 6.57. The molecule has 2 aliphatic rings. The number of piperidine rings is 1. The van der Waals surface area contributed by atoms with Gasteiger partial charge < -0.3 is 14.8 Å². The van der Waals surface area contributed by atoms with Gasteiger partial charge in [-0.2, -0.15) is 0 Å². The first-order valence-electron chi connectivity index (χ1n) is 10.7. The highest BCUT2D eigenvalue weighted by molar-refractivity contribution is 5.92. The van der Waals surface area contributed by atoms with Crippen LogP contribution in [0.1, 0.15) is 43.7 Å². The van der Waals surface area contributed by atoms with Gasteiger partial charge in [-0.1, -0.05) is 44.2 Å². The second-order valence-corrected chi connectivity index (χ2v) is 9.25. The maximum absolute atomic E-state index is 12.5. The Bertz CT molecular complexity index is 1140. The Balaban J connectivity index is 1.40. The molecule has 0 radical (unpaired) electrons. The molecule has 29 heavy (non-hydrogen) atoms. The molecule has 1 fully saturated rings. The van der Waals surface area contributed by atoms with Crippen LogP contribution in [0.4, 0.5) is 11.4 Å². The number of hydrogen-bond donors (Lipinski definition) is 1. The standard InChI is InChI=1S/C25H29N3O/c1-25(2)16-26-21-9-8-18(14-20(21)25)17-10-12-28(13-11-17)23-15-24(29)27(3)22-7-5-4-6-19(22)23/h4-9,14-15,17,26H,10-13,16H2,1-3H3. The van der Waals surface area contributed by atoms with Crippen molar-refractivity contribution in [1.82, 2.24) is 4.57 Å². The van der Waals surface area contributed by atoms with Crippen molar-refractivity contribution in [3.63, 3.8) is 0 Å². The lowest BCUT2D eigenvalue weighted by Gasteiger charge is -2.35. The number of hydrogen-bond acceptors (Lipinski definition) is 3. The highest BCUT2D eigenvalue weighted by Crippen LogP contribution is 2.40. The molecule has 4 heteroatoms.